The van der Waals surface area contributed by atoms with Crippen LogP contribution >= 0.6 is 0 Å². The summed E-state index contributed by atoms with van der Waals surface area (Å²) in [5.74, 6) is -3.17. The van der Waals surface area contributed by atoms with Crippen LogP contribution in [0, 0.1) is 0 Å². The van der Waals surface area contributed by atoms with Crippen molar-refractivity contribution in [1.82, 2.24) is 4.90 Å². The number of nitrogens with zero attached hydrogens (tertiary/aromatic N) is 1. The normalized spacial score (nSPS) is 18.0. The van der Waals surface area contributed by atoms with Crippen LogP contribution in [0.4, 0.5) is 32.4 Å². The maximum absolute atomic E-state index is 13.0. The minimum absolute atomic E-state index is 0.0753. The van der Waals surface area contributed by atoms with E-state index in [1.165, 1.54) is 17.0 Å². The van der Waals surface area contributed by atoms with Gasteiger partial charge >= 0.3 is 12.4 Å². The molecular formula is C13H13F5N2O2. The number of urea groups is 1. The van der Waals surface area contributed by atoms with Crippen LogP contribution in [0.3, 0.4) is 0 Å². The van der Waals surface area contributed by atoms with Crippen molar-refractivity contribution in [2.24, 2.45) is 0 Å². The lowest BCUT2D eigenvalue weighted by Crippen LogP contribution is -2.44. The number of piperidine rings is 1. The molecule has 1 N–H and O–H groups in total. The van der Waals surface area contributed by atoms with Gasteiger partial charge in [0.05, 0.1) is 0 Å². The van der Waals surface area contributed by atoms with Gasteiger partial charge in [-0.05, 0) is 24.3 Å². The van der Waals surface area contributed by atoms with Gasteiger partial charge in [-0.3, -0.25) is 0 Å². The fourth-order valence-corrected chi connectivity index (χ4v) is 1.98. The number of nitrogens with one attached hydrogen (secondary N) is 1. The maximum atomic E-state index is 13.0. The van der Waals surface area contributed by atoms with Gasteiger partial charge in [0, 0.05) is 31.6 Å². The van der Waals surface area contributed by atoms with Gasteiger partial charge < -0.3 is 15.0 Å². The molecule has 2 rings (SSSR count). The molecule has 0 aliphatic carbocycles. The topological polar surface area (TPSA) is 41.6 Å². The van der Waals surface area contributed by atoms with Gasteiger partial charge in [0.25, 0.3) is 5.92 Å². The highest BCUT2D eigenvalue weighted by Gasteiger charge is 2.35. The fraction of sp³-hybridized carbons (Fsp3) is 0.462. The lowest BCUT2D eigenvalue weighted by molar-refractivity contribution is -0.274. The van der Waals surface area contributed by atoms with E-state index in [2.05, 4.69) is 10.1 Å². The Morgan fingerprint density at radius 3 is 2.18 bits per heavy atom. The first-order valence-corrected chi connectivity index (χ1v) is 6.44. The highest BCUT2D eigenvalue weighted by Crippen LogP contribution is 2.28. The SMILES string of the molecule is O=C(Nc1ccc(OC(F)(F)F)cc1)N1CCC(F)(F)CC1. The molecule has 2 amide bonds. The van der Waals surface area contributed by atoms with Crippen molar-refractivity contribution in [2.45, 2.75) is 25.1 Å². The molecular weight excluding hydrogens is 311 g/mol. The number of amides is 2. The van der Waals surface area contributed by atoms with E-state index in [1.807, 2.05) is 0 Å². The molecule has 1 aromatic rings. The monoisotopic (exact) mass is 324 g/mol. The van der Waals surface area contributed by atoms with Crippen molar-refractivity contribution in [3.8, 4) is 5.75 Å². The first-order valence-electron chi connectivity index (χ1n) is 6.44. The number of anilines is 1. The van der Waals surface area contributed by atoms with Crippen LogP contribution in [0.15, 0.2) is 24.3 Å². The highest BCUT2D eigenvalue weighted by atomic mass is 19.4. The zero-order chi connectivity index (χ0) is 16.4. The first kappa shape index (κ1) is 16.3. The van der Waals surface area contributed by atoms with Crippen LogP contribution in [-0.2, 0) is 0 Å². The van der Waals surface area contributed by atoms with Crippen molar-refractivity contribution in [3.63, 3.8) is 0 Å². The second-order valence-corrected chi connectivity index (χ2v) is 4.85. The number of carbonyl (C=O) groups excluding carboxylic acids is 1. The molecule has 22 heavy (non-hydrogen) atoms. The largest absolute Gasteiger partial charge is 0.573 e. The van der Waals surface area contributed by atoms with Gasteiger partial charge in [-0.1, -0.05) is 0 Å². The van der Waals surface area contributed by atoms with Gasteiger partial charge in [-0.15, -0.1) is 13.2 Å². The molecule has 4 nitrogen and oxygen atoms in total. The van der Waals surface area contributed by atoms with Crippen molar-refractivity contribution >= 4 is 11.7 Å². The zero-order valence-corrected chi connectivity index (χ0v) is 11.3. The molecule has 1 aromatic carbocycles. The van der Waals surface area contributed by atoms with Gasteiger partial charge in [0.15, 0.2) is 0 Å². The standard InChI is InChI=1S/C13H13F5N2O2/c14-12(15)5-7-20(8-6-12)11(21)19-9-1-3-10(4-2-9)22-13(16,17)18/h1-4H,5-8H2,(H,19,21). The molecule has 1 saturated heterocycles. The summed E-state index contributed by atoms with van der Waals surface area (Å²) in [5.41, 5.74) is 0.247. The predicted octanol–water partition coefficient (Wildman–Crippen LogP) is 3.85. The summed E-state index contributed by atoms with van der Waals surface area (Å²) in [5, 5.41) is 2.43. The summed E-state index contributed by atoms with van der Waals surface area (Å²) in [4.78, 5) is 13.1. The summed E-state index contributed by atoms with van der Waals surface area (Å²) in [6.07, 6.45) is -5.60. The van der Waals surface area contributed by atoms with Crippen molar-refractivity contribution in [3.05, 3.63) is 24.3 Å². The molecule has 0 spiro atoms. The zero-order valence-electron chi connectivity index (χ0n) is 11.3. The van der Waals surface area contributed by atoms with E-state index in [-0.39, 0.29) is 18.8 Å². The molecule has 0 aromatic heterocycles. The van der Waals surface area contributed by atoms with E-state index < -0.39 is 36.9 Å². The minimum Gasteiger partial charge on any atom is -0.406 e. The van der Waals surface area contributed by atoms with Gasteiger partial charge in [-0.25, -0.2) is 13.6 Å². The average Bonchev–Trinajstić information content (AvgIpc) is 2.39. The number of hydrogen-bond acceptors (Lipinski definition) is 2. The molecule has 0 bridgehead atoms. The summed E-state index contributed by atoms with van der Waals surface area (Å²) < 4.78 is 65.7. The second-order valence-electron chi connectivity index (χ2n) is 4.85. The Labute approximate surface area is 122 Å². The van der Waals surface area contributed by atoms with Crippen LogP contribution in [-0.4, -0.2) is 36.3 Å². The molecule has 0 saturated carbocycles. The summed E-state index contributed by atoms with van der Waals surface area (Å²) in [7, 11) is 0. The second kappa shape index (κ2) is 5.98. The maximum Gasteiger partial charge on any atom is 0.573 e. The van der Waals surface area contributed by atoms with Crippen LogP contribution in [0.1, 0.15) is 12.8 Å². The molecule has 9 heteroatoms. The van der Waals surface area contributed by atoms with Crippen molar-refractivity contribution < 1.29 is 31.5 Å². The fourth-order valence-electron chi connectivity index (χ4n) is 1.98. The van der Waals surface area contributed by atoms with E-state index in [1.54, 1.807) is 0 Å². The number of rotatable bonds is 2. The molecule has 1 heterocycles. The smallest absolute Gasteiger partial charge is 0.406 e. The number of hydrogen-bond donors (Lipinski definition) is 1. The Balaban J connectivity index is 1.89. The summed E-state index contributed by atoms with van der Waals surface area (Å²) >= 11 is 0. The summed E-state index contributed by atoms with van der Waals surface area (Å²) in [6, 6.07) is 4.00. The Hall–Kier alpha value is -2.06. The molecule has 1 aliphatic rings. The molecule has 1 aliphatic heterocycles. The van der Waals surface area contributed by atoms with Crippen LogP contribution < -0.4 is 10.1 Å². The lowest BCUT2D eigenvalue weighted by atomic mass is 10.1. The van der Waals surface area contributed by atoms with Gasteiger partial charge in [-0.2, -0.15) is 0 Å². The molecule has 1 fully saturated rings. The third-order valence-electron chi connectivity index (χ3n) is 3.12. The summed E-state index contributed by atoms with van der Waals surface area (Å²) in [6.45, 7) is -0.151. The van der Waals surface area contributed by atoms with E-state index in [4.69, 9.17) is 0 Å². The predicted molar refractivity (Wildman–Crippen MR) is 67.9 cm³/mol. The molecule has 0 radical (unpaired) electrons. The minimum atomic E-state index is -4.79. The third kappa shape index (κ3) is 4.74. The van der Waals surface area contributed by atoms with Gasteiger partial charge in [0.1, 0.15) is 5.75 Å². The van der Waals surface area contributed by atoms with E-state index in [0.29, 0.717) is 0 Å². The van der Waals surface area contributed by atoms with E-state index >= 15 is 0 Å². The van der Waals surface area contributed by atoms with Crippen LogP contribution in [0.25, 0.3) is 0 Å². The van der Waals surface area contributed by atoms with Gasteiger partial charge in [0.2, 0.25) is 0 Å². The van der Waals surface area contributed by atoms with Crippen LogP contribution in [0.5, 0.6) is 5.75 Å². The Morgan fingerprint density at radius 2 is 1.68 bits per heavy atom. The Bertz CT molecular complexity index is 520. The number of carbonyl (C=O) groups is 1. The quantitative estimate of drug-likeness (QED) is 0.840. The number of likely N-dealkylation sites (tertiary alicyclic amines) is 1. The lowest BCUT2D eigenvalue weighted by Gasteiger charge is -2.31. The first-order chi connectivity index (χ1) is 10.1. The number of halogens is 5. The number of ether oxygens (including phenoxy) is 1. The van der Waals surface area contributed by atoms with E-state index in [0.717, 1.165) is 12.1 Å². The van der Waals surface area contributed by atoms with Crippen molar-refractivity contribution in [2.75, 3.05) is 18.4 Å². The average molecular weight is 324 g/mol. The third-order valence-corrected chi connectivity index (χ3v) is 3.12. The highest BCUT2D eigenvalue weighted by molar-refractivity contribution is 5.89. The molecule has 0 atom stereocenters. The van der Waals surface area contributed by atoms with Crippen molar-refractivity contribution in [1.29, 1.82) is 0 Å². The van der Waals surface area contributed by atoms with Crippen LogP contribution in [0.2, 0.25) is 0 Å². The Morgan fingerprint density at radius 1 is 1.14 bits per heavy atom. The molecule has 0 unspecified atom stereocenters. The molecule has 122 valence electrons. The number of benzene rings is 1. The Kier molecular flexibility index (Phi) is 4.43. The number of alkyl halides is 5. The van der Waals surface area contributed by atoms with E-state index in [9.17, 15) is 26.7 Å².